The molecule has 0 spiro atoms. The highest BCUT2D eigenvalue weighted by Gasteiger charge is 2.14. The zero-order chi connectivity index (χ0) is 17.3. The highest BCUT2D eigenvalue weighted by Crippen LogP contribution is 2.31. The van der Waals surface area contributed by atoms with Crippen molar-refractivity contribution in [2.75, 3.05) is 0 Å². The summed E-state index contributed by atoms with van der Waals surface area (Å²) in [5, 5.41) is 3.26. The largest absolute Gasteiger partial charge is 0.254 e. The number of para-hydroxylation sites is 1. The van der Waals surface area contributed by atoms with Crippen molar-refractivity contribution in [1.82, 2.24) is 15.0 Å². The van der Waals surface area contributed by atoms with Gasteiger partial charge in [-0.2, -0.15) is 0 Å². The van der Waals surface area contributed by atoms with E-state index in [-0.39, 0.29) is 0 Å². The van der Waals surface area contributed by atoms with Crippen LogP contribution in [0.2, 0.25) is 0 Å². The first kappa shape index (κ1) is 14.7. The van der Waals surface area contributed by atoms with Crippen molar-refractivity contribution in [2.24, 2.45) is 0 Å². The number of hydrogen-bond donors (Lipinski definition) is 0. The van der Waals surface area contributed by atoms with Crippen LogP contribution in [0.4, 0.5) is 0 Å². The van der Waals surface area contributed by atoms with Crippen molar-refractivity contribution >= 4 is 21.7 Å². The molecular formula is C23H15N3. The molecule has 2 aromatic heterocycles. The summed E-state index contributed by atoms with van der Waals surface area (Å²) in [5.41, 5.74) is 3.68. The maximum Gasteiger partial charge on any atom is 0.160 e. The molecule has 0 saturated heterocycles. The van der Waals surface area contributed by atoms with E-state index in [0.29, 0.717) is 5.82 Å². The van der Waals surface area contributed by atoms with Crippen molar-refractivity contribution in [3.8, 4) is 22.8 Å². The summed E-state index contributed by atoms with van der Waals surface area (Å²) >= 11 is 0. The molecule has 0 amide bonds. The second-order valence-electron chi connectivity index (χ2n) is 6.16. The summed E-state index contributed by atoms with van der Waals surface area (Å²) in [6.45, 7) is 0. The number of nitrogens with zero attached hydrogens (tertiary/aromatic N) is 3. The van der Waals surface area contributed by atoms with Gasteiger partial charge in [0.25, 0.3) is 0 Å². The van der Waals surface area contributed by atoms with E-state index in [1.54, 1.807) is 0 Å². The fourth-order valence-corrected chi connectivity index (χ4v) is 3.28. The summed E-state index contributed by atoms with van der Waals surface area (Å²) in [5.74, 6) is 0.717. The third-order valence-electron chi connectivity index (χ3n) is 4.53. The fourth-order valence-electron chi connectivity index (χ4n) is 3.28. The molecule has 3 heteroatoms. The summed E-state index contributed by atoms with van der Waals surface area (Å²) in [6.07, 6.45) is 1.84. The molecule has 0 N–H and O–H groups in total. The number of hydrogen-bond acceptors (Lipinski definition) is 3. The molecule has 122 valence electrons. The Kier molecular flexibility index (Phi) is 3.42. The highest BCUT2D eigenvalue weighted by molar-refractivity contribution is 6.01. The first-order valence-corrected chi connectivity index (χ1v) is 8.56. The molecule has 0 aliphatic carbocycles. The van der Waals surface area contributed by atoms with Gasteiger partial charge in [-0.3, -0.25) is 4.98 Å². The Labute approximate surface area is 151 Å². The summed E-state index contributed by atoms with van der Waals surface area (Å²) in [6, 6.07) is 28.5. The number of benzene rings is 3. The molecule has 26 heavy (non-hydrogen) atoms. The van der Waals surface area contributed by atoms with Crippen molar-refractivity contribution < 1.29 is 0 Å². The van der Waals surface area contributed by atoms with Crippen LogP contribution in [0.3, 0.4) is 0 Å². The first-order chi connectivity index (χ1) is 12.9. The Balaban J connectivity index is 1.87. The van der Waals surface area contributed by atoms with E-state index >= 15 is 0 Å². The van der Waals surface area contributed by atoms with E-state index < -0.39 is 0 Å². The van der Waals surface area contributed by atoms with Crippen LogP contribution in [0.5, 0.6) is 0 Å². The lowest BCUT2D eigenvalue weighted by Crippen LogP contribution is -1.97. The van der Waals surface area contributed by atoms with Gasteiger partial charge in [-0.15, -0.1) is 0 Å². The number of rotatable bonds is 2. The number of fused-ring (bicyclic) bond motifs is 2. The van der Waals surface area contributed by atoms with E-state index in [1.165, 1.54) is 0 Å². The molecule has 0 saturated carbocycles. The molecule has 0 aliphatic rings. The fraction of sp³-hybridized carbons (Fsp3) is 0. The molecule has 5 rings (SSSR count). The van der Waals surface area contributed by atoms with E-state index in [2.05, 4.69) is 23.2 Å². The van der Waals surface area contributed by atoms with Gasteiger partial charge in [0.05, 0.1) is 11.2 Å². The quantitative estimate of drug-likeness (QED) is 0.427. The molecule has 0 bridgehead atoms. The minimum absolute atomic E-state index is 0.717. The lowest BCUT2D eigenvalue weighted by Gasteiger charge is -2.10. The highest BCUT2D eigenvalue weighted by atomic mass is 14.9. The van der Waals surface area contributed by atoms with Gasteiger partial charge in [-0.05, 0) is 17.5 Å². The third kappa shape index (κ3) is 2.42. The van der Waals surface area contributed by atoms with Gasteiger partial charge in [-0.1, -0.05) is 72.8 Å². The van der Waals surface area contributed by atoms with Gasteiger partial charge in [0.15, 0.2) is 5.82 Å². The zero-order valence-electron chi connectivity index (χ0n) is 14.0. The Bertz CT molecular complexity index is 1220. The van der Waals surface area contributed by atoms with E-state index in [1.807, 2.05) is 72.9 Å². The number of pyridine rings is 1. The first-order valence-electron chi connectivity index (χ1n) is 8.56. The van der Waals surface area contributed by atoms with Crippen LogP contribution in [0.15, 0.2) is 91.1 Å². The Hall–Kier alpha value is -3.59. The summed E-state index contributed by atoms with van der Waals surface area (Å²) in [4.78, 5) is 14.4. The van der Waals surface area contributed by atoms with Crippen LogP contribution in [0.1, 0.15) is 0 Å². The van der Waals surface area contributed by atoms with E-state index in [0.717, 1.165) is 38.6 Å². The minimum Gasteiger partial charge on any atom is -0.254 e. The Morgan fingerprint density at radius 2 is 1.27 bits per heavy atom. The lowest BCUT2D eigenvalue weighted by molar-refractivity contribution is 1.21. The van der Waals surface area contributed by atoms with Crippen molar-refractivity contribution in [2.45, 2.75) is 0 Å². The van der Waals surface area contributed by atoms with Gasteiger partial charge in [0.2, 0.25) is 0 Å². The predicted octanol–water partition coefficient (Wildman–Crippen LogP) is 5.51. The zero-order valence-corrected chi connectivity index (χ0v) is 14.0. The second-order valence-corrected chi connectivity index (χ2v) is 6.16. The van der Waals surface area contributed by atoms with Crippen LogP contribution >= 0.6 is 0 Å². The van der Waals surface area contributed by atoms with Crippen molar-refractivity contribution in [1.29, 1.82) is 0 Å². The van der Waals surface area contributed by atoms with Gasteiger partial charge in [0, 0.05) is 22.5 Å². The van der Waals surface area contributed by atoms with Gasteiger partial charge < -0.3 is 0 Å². The average molecular weight is 333 g/mol. The molecule has 3 aromatic carbocycles. The number of aromatic nitrogens is 3. The van der Waals surface area contributed by atoms with Crippen LogP contribution in [0.25, 0.3) is 44.5 Å². The monoisotopic (exact) mass is 333 g/mol. The Morgan fingerprint density at radius 3 is 2.15 bits per heavy atom. The Morgan fingerprint density at radius 1 is 0.538 bits per heavy atom. The molecule has 0 fully saturated rings. The molecule has 3 nitrogen and oxygen atoms in total. The smallest absolute Gasteiger partial charge is 0.160 e. The third-order valence-corrected chi connectivity index (χ3v) is 4.53. The lowest BCUT2D eigenvalue weighted by atomic mass is 10.0. The van der Waals surface area contributed by atoms with E-state index in [4.69, 9.17) is 9.97 Å². The molecule has 0 unspecified atom stereocenters. The van der Waals surface area contributed by atoms with Crippen LogP contribution in [0, 0.1) is 0 Å². The van der Waals surface area contributed by atoms with Crippen molar-refractivity contribution in [3.05, 3.63) is 91.1 Å². The normalized spacial score (nSPS) is 11.1. The average Bonchev–Trinajstić information content (AvgIpc) is 2.73. The molecule has 0 aliphatic heterocycles. The van der Waals surface area contributed by atoms with Crippen LogP contribution in [-0.2, 0) is 0 Å². The molecule has 5 aromatic rings. The molecular weight excluding hydrogens is 318 g/mol. The van der Waals surface area contributed by atoms with Gasteiger partial charge in [-0.25, -0.2) is 9.97 Å². The minimum atomic E-state index is 0.717. The molecule has 2 heterocycles. The molecule has 0 atom stereocenters. The maximum absolute atomic E-state index is 4.92. The SMILES string of the molecule is c1ccc(-c2nc(-c3nccc4ccccc34)c3ccccc3n2)cc1. The maximum atomic E-state index is 4.92. The van der Waals surface area contributed by atoms with Crippen molar-refractivity contribution in [3.63, 3.8) is 0 Å². The molecule has 0 radical (unpaired) electrons. The van der Waals surface area contributed by atoms with Crippen LogP contribution < -0.4 is 0 Å². The van der Waals surface area contributed by atoms with Gasteiger partial charge >= 0.3 is 0 Å². The standard InChI is InChI=1S/C23H15N3/c1-2-9-17(10-3-1)23-25-20-13-7-6-12-19(20)22(26-23)21-18-11-5-4-8-16(18)14-15-24-21/h1-15H. The predicted molar refractivity (Wildman–Crippen MR) is 106 cm³/mol. The summed E-state index contributed by atoms with van der Waals surface area (Å²) in [7, 11) is 0. The van der Waals surface area contributed by atoms with E-state index in [9.17, 15) is 0 Å². The summed E-state index contributed by atoms with van der Waals surface area (Å²) < 4.78 is 0. The van der Waals surface area contributed by atoms with Crippen LogP contribution in [-0.4, -0.2) is 15.0 Å². The topological polar surface area (TPSA) is 38.7 Å². The second kappa shape index (κ2) is 6.05. The van der Waals surface area contributed by atoms with Gasteiger partial charge in [0.1, 0.15) is 5.69 Å².